The third kappa shape index (κ3) is 4.42. The average molecular weight is 280 g/mol. The number of nitrogens with one attached hydrogen (secondary N) is 2. The molecule has 0 aliphatic heterocycles. The van der Waals surface area contributed by atoms with E-state index in [9.17, 15) is 15.0 Å². The van der Waals surface area contributed by atoms with Gasteiger partial charge in [-0.3, -0.25) is 10.1 Å². The third-order valence-corrected chi connectivity index (χ3v) is 3.20. The molecular weight excluding hydrogens is 256 g/mol. The number of carbonyl (C=O) groups is 1. The number of hydrogen-bond acceptors (Lipinski definition) is 4. The molecule has 0 aromatic heterocycles. The summed E-state index contributed by atoms with van der Waals surface area (Å²) in [5.74, 6) is 0.481. The Kier molecular flexibility index (Phi) is 5.82. The van der Waals surface area contributed by atoms with Crippen LogP contribution in [0, 0.1) is 5.92 Å². The molecule has 0 radical (unpaired) electrons. The third-order valence-electron chi connectivity index (χ3n) is 3.20. The molecule has 1 rings (SSSR count). The van der Waals surface area contributed by atoms with E-state index in [-0.39, 0.29) is 29.5 Å². The van der Waals surface area contributed by atoms with Gasteiger partial charge in [0, 0.05) is 18.7 Å². The molecule has 5 nitrogen and oxygen atoms in total. The molecule has 2 atom stereocenters. The molecule has 112 valence electrons. The van der Waals surface area contributed by atoms with Crippen molar-refractivity contribution in [2.75, 3.05) is 7.05 Å². The number of phenols is 2. The Morgan fingerprint density at radius 2 is 1.90 bits per heavy atom. The Morgan fingerprint density at radius 1 is 1.25 bits per heavy atom. The molecule has 0 saturated heterocycles. The number of aromatic hydroxyl groups is 2. The van der Waals surface area contributed by atoms with Gasteiger partial charge in [0.25, 0.3) is 0 Å². The van der Waals surface area contributed by atoms with E-state index in [2.05, 4.69) is 10.6 Å². The molecule has 1 aromatic carbocycles. The van der Waals surface area contributed by atoms with Gasteiger partial charge in [0.2, 0.25) is 5.91 Å². The van der Waals surface area contributed by atoms with Crippen LogP contribution in [0.4, 0.5) is 0 Å². The summed E-state index contributed by atoms with van der Waals surface area (Å²) in [6.45, 7) is 5.95. The van der Waals surface area contributed by atoms with Gasteiger partial charge in [0.1, 0.15) is 11.5 Å². The molecule has 0 bridgehead atoms. The summed E-state index contributed by atoms with van der Waals surface area (Å²) in [4.78, 5) is 11.9. The Morgan fingerprint density at radius 3 is 2.45 bits per heavy atom. The lowest BCUT2D eigenvalue weighted by Crippen LogP contribution is -2.44. The summed E-state index contributed by atoms with van der Waals surface area (Å²) < 4.78 is 0. The van der Waals surface area contributed by atoms with Gasteiger partial charge in [-0.25, -0.2) is 0 Å². The van der Waals surface area contributed by atoms with Crippen molar-refractivity contribution in [2.24, 2.45) is 5.92 Å². The molecule has 2 unspecified atom stereocenters. The van der Waals surface area contributed by atoms with Crippen LogP contribution >= 0.6 is 0 Å². The highest BCUT2D eigenvalue weighted by atomic mass is 16.3. The van der Waals surface area contributed by atoms with E-state index in [1.54, 1.807) is 7.05 Å². The summed E-state index contributed by atoms with van der Waals surface area (Å²) in [5, 5.41) is 25.2. The number of amides is 1. The Labute approximate surface area is 120 Å². The molecule has 0 heterocycles. The lowest BCUT2D eigenvalue weighted by Gasteiger charge is -2.24. The topological polar surface area (TPSA) is 81.6 Å². The van der Waals surface area contributed by atoms with E-state index in [1.165, 1.54) is 18.2 Å². The van der Waals surface area contributed by atoms with Crippen molar-refractivity contribution in [2.45, 2.75) is 39.3 Å². The van der Waals surface area contributed by atoms with Crippen LogP contribution in [-0.4, -0.2) is 29.2 Å². The maximum Gasteiger partial charge on any atom is 0.236 e. The number of phenolic OH excluding ortho intramolecular Hbond substituents is 2. The average Bonchev–Trinajstić information content (AvgIpc) is 2.39. The van der Waals surface area contributed by atoms with E-state index < -0.39 is 0 Å². The zero-order valence-electron chi connectivity index (χ0n) is 12.5. The van der Waals surface area contributed by atoms with Crippen LogP contribution in [0.15, 0.2) is 18.2 Å². The van der Waals surface area contributed by atoms with Crippen LogP contribution in [0.25, 0.3) is 0 Å². The molecule has 0 aliphatic carbocycles. The highest BCUT2D eigenvalue weighted by molar-refractivity contribution is 5.81. The second-order valence-electron chi connectivity index (χ2n) is 5.43. The molecule has 0 aliphatic rings. The fourth-order valence-electron chi connectivity index (χ4n) is 2.18. The van der Waals surface area contributed by atoms with E-state index in [4.69, 9.17) is 0 Å². The molecule has 5 heteroatoms. The predicted molar refractivity (Wildman–Crippen MR) is 78.6 cm³/mol. The van der Waals surface area contributed by atoms with Gasteiger partial charge in [-0.05, 0) is 37.5 Å². The molecule has 4 N–H and O–H groups in total. The summed E-state index contributed by atoms with van der Waals surface area (Å²) in [7, 11) is 1.60. The fourth-order valence-corrected chi connectivity index (χ4v) is 2.18. The first kappa shape index (κ1) is 16.3. The quantitative estimate of drug-likeness (QED) is 0.600. The first-order valence-corrected chi connectivity index (χ1v) is 6.84. The molecule has 0 saturated carbocycles. The minimum Gasteiger partial charge on any atom is -0.508 e. The summed E-state index contributed by atoms with van der Waals surface area (Å²) in [5.41, 5.74) is 0.572. The van der Waals surface area contributed by atoms with Crippen LogP contribution < -0.4 is 10.6 Å². The largest absolute Gasteiger partial charge is 0.508 e. The van der Waals surface area contributed by atoms with Gasteiger partial charge in [0.05, 0.1) is 6.04 Å². The zero-order valence-corrected chi connectivity index (χ0v) is 12.5. The van der Waals surface area contributed by atoms with E-state index in [1.807, 2.05) is 20.8 Å². The number of carbonyl (C=O) groups excluding carboxylic acids is 1. The van der Waals surface area contributed by atoms with Gasteiger partial charge in [-0.1, -0.05) is 13.8 Å². The number of benzene rings is 1. The van der Waals surface area contributed by atoms with Crippen LogP contribution in [0.3, 0.4) is 0 Å². The van der Waals surface area contributed by atoms with Crippen molar-refractivity contribution in [1.29, 1.82) is 0 Å². The monoisotopic (exact) mass is 280 g/mol. The highest BCUT2D eigenvalue weighted by Gasteiger charge is 2.22. The Bertz CT molecular complexity index is 460. The second-order valence-corrected chi connectivity index (χ2v) is 5.43. The van der Waals surface area contributed by atoms with Crippen LogP contribution in [0.5, 0.6) is 11.5 Å². The lowest BCUT2D eigenvalue weighted by atomic mass is 10.00. The van der Waals surface area contributed by atoms with Gasteiger partial charge in [-0.15, -0.1) is 0 Å². The SMILES string of the molecule is CNC(=O)C(CC(C)C)NC(C)c1cc(O)ccc1O. The van der Waals surface area contributed by atoms with Gasteiger partial charge < -0.3 is 15.5 Å². The van der Waals surface area contributed by atoms with Crippen LogP contribution in [-0.2, 0) is 4.79 Å². The Balaban J connectivity index is 2.86. The van der Waals surface area contributed by atoms with E-state index in [0.717, 1.165) is 0 Å². The first-order valence-electron chi connectivity index (χ1n) is 6.84. The standard InChI is InChI=1S/C15H24N2O3/c1-9(2)7-13(15(20)16-4)17-10(3)12-8-11(18)5-6-14(12)19/h5-6,8-10,13,17-19H,7H2,1-4H3,(H,16,20). The van der Waals surface area contributed by atoms with Crippen molar-refractivity contribution in [1.82, 2.24) is 10.6 Å². The maximum atomic E-state index is 11.9. The van der Waals surface area contributed by atoms with Crippen LogP contribution in [0.2, 0.25) is 0 Å². The minimum absolute atomic E-state index is 0.0785. The Hall–Kier alpha value is -1.75. The summed E-state index contributed by atoms with van der Waals surface area (Å²) in [6, 6.07) is 3.79. The number of hydrogen-bond donors (Lipinski definition) is 4. The molecule has 1 aromatic rings. The van der Waals surface area contributed by atoms with Gasteiger partial charge >= 0.3 is 0 Å². The fraction of sp³-hybridized carbons (Fsp3) is 0.533. The first-order chi connectivity index (χ1) is 9.35. The summed E-state index contributed by atoms with van der Waals surface area (Å²) >= 11 is 0. The van der Waals surface area contributed by atoms with Crippen molar-refractivity contribution in [3.63, 3.8) is 0 Å². The highest BCUT2D eigenvalue weighted by Crippen LogP contribution is 2.28. The molecular formula is C15H24N2O3. The number of likely N-dealkylation sites (N-methyl/N-ethyl adjacent to an activating group) is 1. The summed E-state index contributed by atoms with van der Waals surface area (Å²) in [6.07, 6.45) is 0.698. The number of rotatable bonds is 6. The lowest BCUT2D eigenvalue weighted by molar-refractivity contribution is -0.123. The molecule has 1 amide bonds. The van der Waals surface area contributed by atoms with Crippen LogP contribution in [0.1, 0.15) is 38.8 Å². The minimum atomic E-state index is -0.336. The predicted octanol–water partition coefficient (Wildman–Crippen LogP) is 1.91. The normalized spacial score (nSPS) is 14.1. The maximum absolute atomic E-state index is 11.9. The van der Waals surface area contributed by atoms with Gasteiger partial charge in [0.15, 0.2) is 0 Å². The van der Waals surface area contributed by atoms with Crippen molar-refractivity contribution in [3.8, 4) is 11.5 Å². The van der Waals surface area contributed by atoms with Crippen molar-refractivity contribution >= 4 is 5.91 Å². The molecule has 0 spiro atoms. The van der Waals surface area contributed by atoms with E-state index >= 15 is 0 Å². The second kappa shape index (κ2) is 7.14. The van der Waals surface area contributed by atoms with Crippen molar-refractivity contribution in [3.05, 3.63) is 23.8 Å². The molecule has 0 fully saturated rings. The van der Waals surface area contributed by atoms with Gasteiger partial charge in [-0.2, -0.15) is 0 Å². The zero-order chi connectivity index (χ0) is 15.3. The van der Waals surface area contributed by atoms with Crippen molar-refractivity contribution < 1.29 is 15.0 Å². The van der Waals surface area contributed by atoms with E-state index in [0.29, 0.717) is 17.9 Å². The smallest absolute Gasteiger partial charge is 0.236 e. The molecule has 20 heavy (non-hydrogen) atoms.